The van der Waals surface area contributed by atoms with Crippen molar-refractivity contribution in [2.45, 2.75) is 20.8 Å². The average Bonchev–Trinajstić information content (AvgIpc) is 3.08. The van der Waals surface area contributed by atoms with Crippen LogP contribution in [0.3, 0.4) is 0 Å². The quantitative estimate of drug-likeness (QED) is 0.444. The fourth-order valence-corrected chi connectivity index (χ4v) is 3.96. The monoisotopic (exact) mass is 438 g/mol. The lowest BCUT2D eigenvalue weighted by atomic mass is 9.99. The van der Waals surface area contributed by atoms with Crippen molar-refractivity contribution in [3.63, 3.8) is 0 Å². The standard InChI is InChI=1S/C24H22N8O/c1-13-11-15(3)30-31-20(13)21-18(19-22(25)27-12-28-23(19)32(21)4)16-5-7-17(8-6-16)33-24-26-10-9-14(2)29-24/h5-12H,1-4H3,(H2,25,27,28). The fourth-order valence-electron chi connectivity index (χ4n) is 3.96. The molecule has 1 aromatic carbocycles. The van der Waals surface area contributed by atoms with Gasteiger partial charge in [0.05, 0.1) is 16.8 Å². The lowest BCUT2D eigenvalue weighted by molar-refractivity contribution is 0.440. The van der Waals surface area contributed by atoms with Gasteiger partial charge >= 0.3 is 6.01 Å². The smallest absolute Gasteiger partial charge is 0.322 e. The van der Waals surface area contributed by atoms with Gasteiger partial charge in [-0.1, -0.05) is 12.1 Å². The maximum Gasteiger partial charge on any atom is 0.322 e. The minimum absolute atomic E-state index is 0.303. The third-order valence-corrected chi connectivity index (χ3v) is 5.45. The van der Waals surface area contributed by atoms with Crippen LogP contribution in [0, 0.1) is 20.8 Å². The van der Waals surface area contributed by atoms with Gasteiger partial charge in [-0.15, -0.1) is 5.10 Å². The van der Waals surface area contributed by atoms with E-state index in [1.165, 1.54) is 6.33 Å². The number of aryl methyl sites for hydroxylation is 4. The predicted molar refractivity (Wildman–Crippen MR) is 126 cm³/mol. The number of nitrogens with zero attached hydrogens (tertiary/aromatic N) is 7. The van der Waals surface area contributed by atoms with Gasteiger partial charge < -0.3 is 15.0 Å². The van der Waals surface area contributed by atoms with E-state index in [1.807, 2.05) is 68.8 Å². The van der Waals surface area contributed by atoms with Crippen molar-refractivity contribution >= 4 is 16.9 Å². The molecule has 0 unspecified atom stereocenters. The van der Waals surface area contributed by atoms with Crippen molar-refractivity contribution in [1.29, 1.82) is 0 Å². The summed E-state index contributed by atoms with van der Waals surface area (Å²) in [6.45, 7) is 5.83. The van der Waals surface area contributed by atoms with E-state index >= 15 is 0 Å². The van der Waals surface area contributed by atoms with Gasteiger partial charge in [-0.25, -0.2) is 19.9 Å². The first-order valence-electron chi connectivity index (χ1n) is 10.4. The summed E-state index contributed by atoms with van der Waals surface area (Å²) < 4.78 is 7.80. The second-order valence-corrected chi connectivity index (χ2v) is 7.86. The number of rotatable bonds is 4. The van der Waals surface area contributed by atoms with Crippen LogP contribution in [0.25, 0.3) is 33.5 Å². The zero-order valence-electron chi connectivity index (χ0n) is 18.7. The molecular weight excluding hydrogens is 416 g/mol. The van der Waals surface area contributed by atoms with E-state index in [9.17, 15) is 0 Å². The summed E-state index contributed by atoms with van der Waals surface area (Å²) in [4.78, 5) is 17.2. The highest BCUT2D eigenvalue weighted by Crippen LogP contribution is 2.42. The highest BCUT2D eigenvalue weighted by atomic mass is 16.5. The van der Waals surface area contributed by atoms with Crippen LogP contribution in [0.1, 0.15) is 17.0 Å². The number of ether oxygens (including phenoxy) is 1. The third-order valence-electron chi connectivity index (χ3n) is 5.45. The van der Waals surface area contributed by atoms with Crippen LogP contribution in [0.15, 0.2) is 48.9 Å². The molecule has 0 aliphatic carbocycles. The van der Waals surface area contributed by atoms with Crippen molar-refractivity contribution in [2.24, 2.45) is 7.05 Å². The van der Waals surface area contributed by atoms with E-state index in [0.29, 0.717) is 17.6 Å². The first-order valence-corrected chi connectivity index (χ1v) is 10.4. The van der Waals surface area contributed by atoms with Gasteiger partial charge in [0, 0.05) is 24.5 Å². The first kappa shape index (κ1) is 20.5. The van der Waals surface area contributed by atoms with E-state index in [2.05, 4.69) is 30.1 Å². The van der Waals surface area contributed by atoms with Crippen LogP contribution < -0.4 is 10.5 Å². The van der Waals surface area contributed by atoms with Crippen LogP contribution in [-0.4, -0.2) is 34.7 Å². The molecule has 2 N–H and O–H groups in total. The normalized spacial score (nSPS) is 11.2. The Labute approximate surface area is 190 Å². The molecule has 0 atom stereocenters. The van der Waals surface area contributed by atoms with E-state index in [0.717, 1.165) is 50.5 Å². The third kappa shape index (κ3) is 3.63. The van der Waals surface area contributed by atoms with Crippen molar-refractivity contribution in [2.75, 3.05) is 5.73 Å². The Balaban J connectivity index is 1.67. The molecule has 0 spiro atoms. The van der Waals surface area contributed by atoms with Crippen LogP contribution in [0.4, 0.5) is 5.82 Å². The SMILES string of the molecule is Cc1cc(C)c(-c2c(-c3ccc(Oc4nccc(C)n4)cc3)c3c(N)ncnc3n2C)nn1. The number of fused-ring (bicyclic) bond motifs is 1. The molecule has 164 valence electrons. The molecule has 4 heterocycles. The Morgan fingerprint density at radius 3 is 2.42 bits per heavy atom. The fraction of sp³-hybridized carbons (Fsp3) is 0.167. The largest absolute Gasteiger partial charge is 0.424 e. The van der Waals surface area contributed by atoms with Crippen molar-refractivity contribution in [1.82, 2.24) is 34.7 Å². The molecule has 0 amide bonds. The molecule has 0 bridgehead atoms. The zero-order valence-corrected chi connectivity index (χ0v) is 18.7. The molecule has 9 nitrogen and oxygen atoms in total. The van der Waals surface area contributed by atoms with Crippen molar-refractivity contribution in [3.8, 4) is 34.3 Å². The molecule has 33 heavy (non-hydrogen) atoms. The highest BCUT2D eigenvalue weighted by Gasteiger charge is 2.24. The number of anilines is 1. The second kappa shape index (κ2) is 7.94. The second-order valence-electron chi connectivity index (χ2n) is 7.86. The molecule has 4 aromatic heterocycles. The van der Waals surface area contributed by atoms with E-state index in [4.69, 9.17) is 10.5 Å². The van der Waals surface area contributed by atoms with E-state index < -0.39 is 0 Å². The lowest BCUT2D eigenvalue weighted by Gasteiger charge is -2.11. The summed E-state index contributed by atoms with van der Waals surface area (Å²) in [7, 11) is 1.95. The minimum atomic E-state index is 0.303. The number of hydrogen-bond acceptors (Lipinski definition) is 8. The summed E-state index contributed by atoms with van der Waals surface area (Å²) in [6, 6.07) is 11.8. The molecule has 0 saturated heterocycles. The number of benzene rings is 1. The van der Waals surface area contributed by atoms with Crippen LogP contribution in [-0.2, 0) is 7.05 Å². The Bertz CT molecular complexity index is 1490. The zero-order chi connectivity index (χ0) is 23.1. The van der Waals surface area contributed by atoms with Gasteiger partial charge in [0.25, 0.3) is 0 Å². The Hall–Kier alpha value is -4.40. The Morgan fingerprint density at radius 1 is 0.909 bits per heavy atom. The van der Waals surface area contributed by atoms with E-state index in [-0.39, 0.29) is 0 Å². The maximum atomic E-state index is 6.32. The van der Waals surface area contributed by atoms with Gasteiger partial charge in [-0.05, 0) is 56.2 Å². The molecule has 0 fully saturated rings. The molecule has 0 saturated carbocycles. The number of hydrogen-bond donors (Lipinski definition) is 1. The number of nitrogens with two attached hydrogens (primary N) is 1. The summed E-state index contributed by atoms with van der Waals surface area (Å²) in [6.07, 6.45) is 3.14. The van der Waals surface area contributed by atoms with Crippen LogP contribution in [0.5, 0.6) is 11.8 Å². The molecule has 9 heteroatoms. The summed E-state index contributed by atoms with van der Waals surface area (Å²) in [5.41, 5.74) is 13.2. The van der Waals surface area contributed by atoms with Gasteiger partial charge in [0.15, 0.2) is 0 Å². The molecule has 0 aliphatic rings. The van der Waals surface area contributed by atoms with Gasteiger partial charge in [-0.2, -0.15) is 5.10 Å². The highest BCUT2D eigenvalue weighted by molar-refractivity contribution is 6.07. The maximum absolute atomic E-state index is 6.32. The number of nitrogen functional groups attached to an aromatic ring is 1. The Kier molecular flexibility index (Phi) is 4.93. The van der Waals surface area contributed by atoms with Crippen LogP contribution >= 0.6 is 0 Å². The molecule has 5 aromatic rings. The Morgan fingerprint density at radius 2 is 1.70 bits per heavy atom. The predicted octanol–water partition coefficient (Wildman–Crippen LogP) is 4.18. The summed E-state index contributed by atoms with van der Waals surface area (Å²) in [5, 5.41) is 9.56. The topological polar surface area (TPSA) is 118 Å². The first-order chi connectivity index (χ1) is 15.9. The summed E-state index contributed by atoms with van der Waals surface area (Å²) in [5.74, 6) is 1.03. The molecular formula is C24H22N8O. The molecule has 0 radical (unpaired) electrons. The van der Waals surface area contributed by atoms with Gasteiger partial charge in [0.1, 0.15) is 29.2 Å². The number of aromatic nitrogens is 7. The van der Waals surface area contributed by atoms with Gasteiger partial charge in [-0.3, -0.25) is 0 Å². The minimum Gasteiger partial charge on any atom is -0.424 e. The van der Waals surface area contributed by atoms with Gasteiger partial charge in [0.2, 0.25) is 0 Å². The average molecular weight is 438 g/mol. The van der Waals surface area contributed by atoms with Crippen molar-refractivity contribution < 1.29 is 4.74 Å². The van der Waals surface area contributed by atoms with E-state index in [1.54, 1.807) is 6.20 Å². The summed E-state index contributed by atoms with van der Waals surface area (Å²) >= 11 is 0. The van der Waals surface area contributed by atoms with Crippen molar-refractivity contribution in [3.05, 3.63) is 65.9 Å². The molecule has 5 rings (SSSR count). The van der Waals surface area contributed by atoms with Crippen LogP contribution in [0.2, 0.25) is 0 Å². The molecule has 0 aliphatic heterocycles. The lowest BCUT2D eigenvalue weighted by Crippen LogP contribution is -2.00.